The van der Waals surface area contributed by atoms with Crippen molar-refractivity contribution >= 4 is 10.5 Å². The fraction of sp³-hybridized carbons (Fsp3) is 0. The van der Waals surface area contributed by atoms with Crippen LogP contribution in [0.3, 0.4) is 0 Å². The molecule has 3 N–H and O–H groups in total. The molecule has 0 unspecified atom stereocenters. The molecule has 0 aromatic carbocycles. The average Bonchev–Trinajstić information content (AvgIpc) is 0.722. The van der Waals surface area contributed by atoms with E-state index in [-0.39, 0.29) is 5.48 Å². The number of halogens is 1. The largest absolute Gasteiger partial charge is 0.435 e. The number of hydrogen-bond acceptors (Lipinski definition) is 2. The highest BCUT2D eigenvalue weighted by Crippen LogP contribution is 1.74. The minimum atomic E-state index is -5.17. The second-order valence-electron chi connectivity index (χ2n) is 0.412. The summed E-state index contributed by atoms with van der Waals surface area (Å²) in [6.45, 7) is 0. The van der Waals surface area contributed by atoms with Crippen LogP contribution in [0.5, 0.6) is 0 Å². The van der Waals surface area contributed by atoms with Crippen molar-refractivity contribution in [1.82, 2.24) is 0 Å². The van der Waals surface area contributed by atoms with Crippen LogP contribution in [0.25, 0.3) is 0 Å². The van der Waals surface area contributed by atoms with Crippen LogP contribution in [-0.2, 0) is 10.5 Å². The van der Waals surface area contributed by atoms with E-state index < -0.39 is 10.5 Å². The van der Waals surface area contributed by atoms with Crippen molar-refractivity contribution in [2.75, 3.05) is 0 Å². The van der Waals surface area contributed by atoms with Gasteiger partial charge in [-0.25, -0.2) is 0 Å². The molecule has 4 nitrogen and oxygen atoms in total. The van der Waals surface area contributed by atoms with Crippen molar-refractivity contribution in [3.63, 3.8) is 0 Å². The fourth-order valence-electron chi connectivity index (χ4n) is 0. The Labute approximate surface area is 33.9 Å². The first-order chi connectivity index (χ1) is 2.00. The summed E-state index contributed by atoms with van der Waals surface area (Å²) in [6, 6.07) is 0. The highest BCUT2D eigenvalue weighted by molar-refractivity contribution is 7.80. The Balaban J connectivity index is 0. The molecule has 0 atom stereocenters. The van der Waals surface area contributed by atoms with Crippen molar-refractivity contribution in [2.24, 2.45) is 0 Å². The monoisotopic (exact) mass is 118 g/mol. The van der Waals surface area contributed by atoms with E-state index in [1.165, 1.54) is 0 Å². The minimum absolute atomic E-state index is 0. The molecule has 0 heterocycles. The fourth-order valence-corrected chi connectivity index (χ4v) is 0. The average molecular weight is 118 g/mol. The molecule has 0 bridgehead atoms. The summed E-state index contributed by atoms with van der Waals surface area (Å²) in [5, 5.41) is 0. The van der Waals surface area contributed by atoms with E-state index in [1.807, 2.05) is 0 Å². The van der Waals surface area contributed by atoms with Crippen LogP contribution in [0.1, 0.15) is 0 Å². The molecule has 0 aliphatic rings. The van der Waals surface area contributed by atoms with Gasteiger partial charge in [0.25, 0.3) is 0 Å². The standard InChI is InChI=1S/FHO3S.H2O/c1-5(2,3)4;/h(H,2,3,4);1H2. The second kappa shape index (κ2) is 2.06. The van der Waals surface area contributed by atoms with E-state index >= 15 is 0 Å². The van der Waals surface area contributed by atoms with Gasteiger partial charge in [0, 0.05) is 0 Å². The van der Waals surface area contributed by atoms with E-state index in [1.54, 1.807) is 0 Å². The lowest BCUT2D eigenvalue weighted by atomic mass is 15.9. The molecule has 0 fully saturated rings. The molecule has 0 spiro atoms. The summed E-state index contributed by atoms with van der Waals surface area (Å²) in [7, 11) is -5.17. The van der Waals surface area contributed by atoms with Gasteiger partial charge in [-0.15, -0.1) is 0 Å². The van der Waals surface area contributed by atoms with Crippen molar-refractivity contribution in [3.8, 4) is 0 Å². The predicted octanol–water partition coefficient (Wildman–Crippen LogP) is -1.07. The Morgan fingerprint density at radius 3 is 1.50 bits per heavy atom. The Hall–Kier alpha value is -0.200. The third kappa shape index (κ3) is 745. The van der Waals surface area contributed by atoms with Gasteiger partial charge >= 0.3 is 10.5 Å². The van der Waals surface area contributed by atoms with Crippen molar-refractivity contribution in [3.05, 3.63) is 0 Å². The first-order valence-electron chi connectivity index (χ1n) is 0.670. The summed E-state index contributed by atoms with van der Waals surface area (Å²) in [5.74, 6) is 0. The highest BCUT2D eigenvalue weighted by Gasteiger charge is 1.89. The lowest BCUT2D eigenvalue weighted by Crippen LogP contribution is -1.80. The van der Waals surface area contributed by atoms with Crippen molar-refractivity contribution in [1.29, 1.82) is 0 Å². The zero-order valence-corrected chi connectivity index (χ0v) is 3.37. The molecule has 0 radical (unpaired) electrons. The summed E-state index contributed by atoms with van der Waals surface area (Å²) in [6.07, 6.45) is 0. The van der Waals surface area contributed by atoms with Crippen LogP contribution in [0.15, 0.2) is 0 Å². The van der Waals surface area contributed by atoms with Crippen LogP contribution in [-0.4, -0.2) is 18.4 Å². The number of rotatable bonds is 0. The van der Waals surface area contributed by atoms with Gasteiger partial charge in [0.05, 0.1) is 0 Å². The maximum Gasteiger partial charge on any atom is 0.435 e. The van der Waals surface area contributed by atoms with Gasteiger partial charge in [-0.05, 0) is 0 Å². The van der Waals surface area contributed by atoms with Crippen LogP contribution in [0.2, 0.25) is 0 Å². The normalized spacial score (nSPS) is 9.67. The van der Waals surface area contributed by atoms with Crippen molar-refractivity contribution < 1.29 is 22.3 Å². The zero-order chi connectivity index (χ0) is 4.50. The third-order valence-electron chi connectivity index (χ3n) is 0. The van der Waals surface area contributed by atoms with E-state index in [0.717, 1.165) is 0 Å². The molecule has 6 heteroatoms. The molecule has 0 amide bonds. The molecule has 0 aliphatic carbocycles. The van der Waals surface area contributed by atoms with Crippen LogP contribution in [0, 0.1) is 0 Å². The van der Waals surface area contributed by atoms with E-state index in [2.05, 4.69) is 0 Å². The Kier molecular flexibility index (Phi) is 3.18. The van der Waals surface area contributed by atoms with Crippen molar-refractivity contribution in [2.45, 2.75) is 0 Å². The topological polar surface area (TPSA) is 85.9 Å². The third-order valence-corrected chi connectivity index (χ3v) is 0. The summed E-state index contributed by atoms with van der Waals surface area (Å²) in [4.78, 5) is 0. The maximum atomic E-state index is 10.2. The van der Waals surface area contributed by atoms with Gasteiger partial charge in [0.15, 0.2) is 0 Å². The van der Waals surface area contributed by atoms with Gasteiger partial charge < -0.3 is 5.48 Å². The quantitative estimate of drug-likeness (QED) is 0.324. The minimum Gasteiger partial charge on any atom is -0.412 e. The molecular formula is H3FO4S. The van der Waals surface area contributed by atoms with E-state index in [9.17, 15) is 3.89 Å². The smallest absolute Gasteiger partial charge is 0.412 e. The lowest BCUT2D eigenvalue weighted by Gasteiger charge is -1.63. The molecule has 6 heavy (non-hydrogen) atoms. The first-order valence-corrected chi connectivity index (χ1v) is 2.01. The Morgan fingerprint density at radius 2 is 1.50 bits per heavy atom. The van der Waals surface area contributed by atoms with Gasteiger partial charge in [-0.1, -0.05) is 3.89 Å². The van der Waals surface area contributed by atoms with Gasteiger partial charge in [0.2, 0.25) is 0 Å². The molecule has 0 aromatic heterocycles. The van der Waals surface area contributed by atoms with Gasteiger partial charge in [-0.3, -0.25) is 4.55 Å². The zero-order valence-electron chi connectivity index (χ0n) is 2.55. The summed E-state index contributed by atoms with van der Waals surface area (Å²) < 4.78 is 34.1. The molecule has 0 aliphatic heterocycles. The van der Waals surface area contributed by atoms with Crippen LogP contribution >= 0.6 is 0 Å². The molecular weight excluding hydrogens is 115 g/mol. The predicted molar refractivity (Wildman–Crippen MR) is 16.3 cm³/mol. The summed E-state index contributed by atoms with van der Waals surface area (Å²) in [5.41, 5.74) is 0. The number of hydrogen-bond donors (Lipinski definition) is 1. The molecule has 0 saturated carbocycles. The second-order valence-corrected chi connectivity index (χ2v) is 1.24. The molecule has 40 valence electrons. The van der Waals surface area contributed by atoms with Gasteiger partial charge in [0.1, 0.15) is 0 Å². The SMILES string of the molecule is O.O=S(=O)(O)F. The Morgan fingerprint density at radius 1 is 1.50 bits per heavy atom. The molecule has 0 aromatic rings. The summed E-state index contributed by atoms with van der Waals surface area (Å²) >= 11 is 0. The molecule has 0 rings (SSSR count). The van der Waals surface area contributed by atoms with Gasteiger partial charge in [-0.2, -0.15) is 8.42 Å². The van der Waals surface area contributed by atoms with E-state index in [0.29, 0.717) is 0 Å². The van der Waals surface area contributed by atoms with Crippen LogP contribution < -0.4 is 0 Å². The molecule has 0 saturated heterocycles. The highest BCUT2D eigenvalue weighted by atomic mass is 32.3. The lowest BCUT2D eigenvalue weighted by molar-refractivity contribution is 0.435. The van der Waals surface area contributed by atoms with E-state index in [4.69, 9.17) is 13.0 Å². The van der Waals surface area contributed by atoms with Crippen LogP contribution in [0.4, 0.5) is 3.89 Å². The maximum absolute atomic E-state index is 10.2. The first kappa shape index (κ1) is 9.25. The Bertz CT molecular complexity index is 90.7.